The third-order valence-corrected chi connectivity index (χ3v) is 4.78. The molecular weight excluding hydrogens is 318 g/mol. The van der Waals surface area contributed by atoms with Crippen LogP contribution in [0.25, 0.3) is 0 Å². The monoisotopic (exact) mass is 343 g/mol. The van der Waals surface area contributed by atoms with Crippen molar-refractivity contribution in [2.45, 2.75) is 57.5 Å². The van der Waals surface area contributed by atoms with Gasteiger partial charge in [0.1, 0.15) is 0 Å². The first kappa shape index (κ1) is 16.0. The second-order valence-electron chi connectivity index (χ2n) is 5.50. The number of rotatable bonds is 6. The predicted molar refractivity (Wildman–Crippen MR) is 85.1 cm³/mol. The molecule has 1 aliphatic carbocycles. The molecule has 1 saturated carbocycles. The van der Waals surface area contributed by atoms with Crippen molar-refractivity contribution in [3.05, 3.63) is 16.4 Å². The van der Waals surface area contributed by atoms with E-state index in [-0.39, 0.29) is 0 Å². The van der Waals surface area contributed by atoms with Crippen LogP contribution in [-0.4, -0.2) is 36.1 Å². The second kappa shape index (κ2) is 8.15. The third-order valence-electron chi connectivity index (χ3n) is 4.17. The molecule has 1 aliphatic rings. The molecule has 1 N–H and O–H groups in total. The molecule has 0 aromatic carbocycles. The minimum atomic E-state index is 0.547. The molecule has 20 heavy (non-hydrogen) atoms. The highest BCUT2D eigenvalue weighted by atomic mass is 79.9. The van der Waals surface area contributed by atoms with Crippen LogP contribution in [-0.2, 0) is 11.3 Å². The molecule has 1 aromatic rings. The number of hydrogen-bond acceptors (Lipinski definition) is 3. The van der Waals surface area contributed by atoms with Crippen molar-refractivity contribution >= 4 is 15.9 Å². The van der Waals surface area contributed by atoms with Gasteiger partial charge in [0.2, 0.25) is 0 Å². The van der Waals surface area contributed by atoms with Crippen molar-refractivity contribution < 1.29 is 4.74 Å². The van der Waals surface area contributed by atoms with E-state index in [2.05, 4.69) is 38.0 Å². The minimum Gasteiger partial charge on any atom is -0.383 e. The van der Waals surface area contributed by atoms with Crippen molar-refractivity contribution in [2.24, 2.45) is 0 Å². The summed E-state index contributed by atoms with van der Waals surface area (Å²) in [4.78, 5) is 0. The van der Waals surface area contributed by atoms with Gasteiger partial charge in [0.25, 0.3) is 0 Å². The smallest absolute Gasteiger partial charge is 0.0658 e. The molecule has 0 bridgehead atoms. The molecule has 1 heterocycles. The molecule has 4 nitrogen and oxygen atoms in total. The topological polar surface area (TPSA) is 39.1 Å². The number of nitrogens with one attached hydrogen (secondary N) is 1. The van der Waals surface area contributed by atoms with E-state index >= 15 is 0 Å². The van der Waals surface area contributed by atoms with Crippen LogP contribution in [0.5, 0.6) is 0 Å². The van der Waals surface area contributed by atoms with Crippen LogP contribution >= 0.6 is 15.9 Å². The quantitative estimate of drug-likeness (QED) is 0.805. The minimum absolute atomic E-state index is 0.547. The fourth-order valence-electron chi connectivity index (χ4n) is 3.24. The van der Waals surface area contributed by atoms with Crippen molar-refractivity contribution in [2.75, 3.05) is 20.3 Å². The van der Waals surface area contributed by atoms with Gasteiger partial charge >= 0.3 is 0 Å². The Labute approximate surface area is 130 Å². The van der Waals surface area contributed by atoms with Gasteiger partial charge in [-0.2, -0.15) is 5.10 Å². The van der Waals surface area contributed by atoms with Crippen LogP contribution in [0, 0.1) is 0 Å². The lowest BCUT2D eigenvalue weighted by molar-refractivity contribution is 0.181. The lowest BCUT2D eigenvalue weighted by Gasteiger charge is -2.27. The molecule has 0 spiro atoms. The molecule has 114 valence electrons. The average Bonchev–Trinajstić information content (AvgIpc) is 2.66. The number of aromatic nitrogens is 2. The number of methoxy groups -OCH3 is 1. The first-order valence-electron chi connectivity index (χ1n) is 7.71. The van der Waals surface area contributed by atoms with E-state index in [4.69, 9.17) is 4.74 Å². The van der Waals surface area contributed by atoms with Crippen LogP contribution in [0.4, 0.5) is 0 Å². The van der Waals surface area contributed by atoms with E-state index in [0.717, 1.165) is 17.6 Å². The highest BCUT2D eigenvalue weighted by Gasteiger charge is 2.29. The van der Waals surface area contributed by atoms with Gasteiger partial charge in [0.05, 0.1) is 29.5 Å². The molecule has 5 heteroatoms. The van der Waals surface area contributed by atoms with Gasteiger partial charge in [0.15, 0.2) is 0 Å². The largest absolute Gasteiger partial charge is 0.383 e. The molecule has 0 radical (unpaired) electrons. The maximum atomic E-state index is 5.20. The fraction of sp³-hybridized carbons (Fsp3) is 0.800. The third kappa shape index (κ3) is 3.83. The molecule has 2 atom stereocenters. The Morgan fingerprint density at radius 2 is 2.20 bits per heavy atom. The zero-order valence-electron chi connectivity index (χ0n) is 12.6. The van der Waals surface area contributed by atoms with Gasteiger partial charge in [-0.1, -0.05) is 26.2 Å². The lowest BCUT2D eigenvalue weighted by Crippen LogP contribution is -2.35. The Bertz CT molecular complexity index is 408. The van der Waals surface area contributed by atoms with E-state index in [1.54, 1.807) is 7.11 Å². The van der Waals surface area contributed by atoms with Crippen LogP contribution in [0.3, 0.4) is 0 Å². The Hall–Kier alpha value is -0.390. The zero-order valence-corrected chi connectivity index (χ0v) is 14.2. The lowest BCUT2D eigenvalue weighted by atomic mass is 9.91. The summed E-state index contributed by atoms with van der Waals surface area (Å²) >= 11 is 3.70. The molecule has 0 aliphatic heterocycles. The van der Waals surface area contributed by atoms with Crippen molar-refractivity contribution in [3.8, 4) is 0 Å². The number of halogens is 1. The summed E-state index contributed by atoms with van der Waals surface area (Å²) in [7, 11) is 1.74. The predicted octanol–water partition coefficient (Wildman–Crippen LogP) is 3.32. The first-order valence-corrected chi connectivity index (χ1v) is 8.50. The van der Waals surface area contributed by atoms with Crippen LogP contribution in [0.1, 0.15) is 50.6 Å². The van der Waals surface area contributed by atoms with Gasteiger partial charge in [-0.3, -0.25) is 4.68 Å². The normalized spacial score (nSPS) is 23.8. The highest BCUT2D eigenvalue weighted by molar-refractivity contribution is 9.10. The summed E-state index contributed by atoms with van der Waals surface area (Å²) in [5, 5.41) is 8.20. The van der Waals surface area contributed by atoms with Crippen molar-refractivity contribution in [1.82, 2.24) is 15.1 Å². The van der Waals surface area contributed by atoms with E-state index < -0.39 is 0 Å². The molecular formula is C15H26BrN3O. The number of nitrogens with zero attached hydrogens (tertiary/aromatic N) is 2. The van der Waals surface area contributed by atoms with Gasteiger partial charge in [-0.05, 0) is 35.3 Å². The second-order valence-corrected chi connectivity index (χ2v) is 6.36. The summed E-state index contributed by atoms with van der Waals surface area (Å²) in [5.41, 5.74) is 1.34. The van der Waals surface area contributed by atoms with E-state index in [1.165, 1.54) is 37.8 Å². The Kier molecular flexibility index (Phi) is 6.52. The summed E-state index contributed by atoms with van der Waals surface area (Å²) in [5.74, 6) is 0.547. The van der Waals surface area contributed by atoms with Crippen LogP contribution in [0.2, 0.25) is 0 Å². The summed E-state index contributed by atoms with van der Waals surface area (Å²) in [6.45, 7) is 4.76. The van der Waals surface area contributed by atoms with Gasteiger partial charge in [0, 0.05) is 19.1 Å². The molecule has 1 fully saturated rings. The summed E-state index contributed by atoms with van der Waals surface area (Å²) in [6.07, 6.45) is 8.43. The maximum absolute atomic E-state index is 5.20. The van der Waals surface area contributed by atoms with Crippen LogP contribution in [0.15, 0.2) is 10.7 Å². The standard InChI is InChI=1S/C15H26BrN3O/c1-3-17-14-8-6-4-5-7-12(14)15-13(16)11-18-19(15)9-10-20-2/h11-12,14,17H,3-10H2,1-2H3. The van der Waals surface area contributed by atoms with Crippen LogP contribution < -0.4 is 5.32 Å². The number of ether oxygens (including phenoxy) is 1. The van der Waals surface area contributed by atoms with Crippen molar-refractivity contribution in [3.63, 3.8) is 0 Å². The Morgan fingerprint density at radius 3 is 2.95 bits per heavy atom. The molecule has 2 rings (SSSR count). The number of likely N-dealkylation sites (N-methyl/N-ethyl adjacent to an activating group) is 1. The molecule has 2 unspecified atom stereocenters. The SMILES string of the molecule is CCNC1CCCCCC1c1c(Br)cnn1CCOC. The number of hydrogen-bond donors (Lipinski definition) is 1. The Morgan fingerprint density at radius 1 is 1.40 bits per heavy atom. The van der Waals surface area contributed by atoms with E-state index in [1.807, 2.05) is 6.20 Å². The first-order chi connectivity index (χ1) is 9.77. The van der Waals surface area contributed by atoms with Gasteiger partial charge in [-0.15, -0.1) is 0 Å². The zero-order chi connectivity index (χ0) is 14.4. The van der Waals surface area contributed by atoms with Crippen molar-refractivity contribution in [1.29, 1.82) is 0 Å². The molecule has 1 aromatic heterocycles. The maximum Gasteiger partial charge on any atom is 0.0658 e. The fourth-order valence-corrected chi connectivity index (χ4v) is 3.83. The average molecular weight is 344 g/mol. The summed E-state index contributed by atoms with van der Waals surface area (Å²) in [6, 6.07) is 0.566. The molecule has 0 saturated heterocycles. The highest BCUT2D eigenvalue weighted by Crippen LogP contribution is 2.35. The van der Waals surface area contributed by atoms with Gasteiger partial charge < -0.3 is 10.1 Å². The summed E-state index contributed by atoms with van der Waals surface area (Å²) < 4.78 is 8.47. The van der Waals surface area contributed by atoms with Gasteiger partial charge in [-0.25, -0.2) is 0 Å². The van der Waals surface area contributed by atoms with E-state index in [0.29, 0.717) is 18.6 Å². The Balaban J connectivity index is 2.23. The molecule has 0 amide bonds. The van der Waals surface area contributed by atoms with E-state index in [9.17, 15) is 0 Å².